The predicted octanol–water partition coefficient (Wildman–Crippen LogP) is 3.44. The number of fused-ring (bicyclic) bond motifs is 1. The largest absolute Gasteiger partial charge is 0.444 e. The lowest BCUT2D eigenvalue weighted by Gasteiger charge is -2.24. The maximum absolute atomic E-state index is 12.2. The summed E-state index contributed by atoms with van der Waals surface area (Å²) in [6, 6.07) is 0. The fourth-order valence-corrected chi connectivity index (χ4v) is 2.51. The number of ether oxygens (including phenoxy) is 2. The van der Waals surface area contributed by atoms with Crippen molar-refractivity contribution < 1.29 is 14.3 Å². The molecule has 2 heterocycles. The van der Waals surface area contributed by atoms with Gasteiger partial charge in [0, 0.05) is 7.11 Å². The van der Waals surface area contributed by atoms with E-state index >= 15 is 0 Å². The van der Waals surface area contributed by atoms with E-state index in [0.717, 1.165) is 16.8 Å². The van der Waals surface area contributed by atoms with Gasteiger partial charge in [-0.3, -0.25) is 9.88 Å². The van der Waals surface area contributed by atoms with Gasteiger partial charge in [-0.1, -0.05) is 11.6 Å². The number of carbonyl (C=O) groups excluding carboxylic acids is 1. The first-order chi connectivity index (χ1) is 9.73. The summed E-state index contributed by atoms with van der Waals surface area (Å²) in [5.74, 6) is 0. The molecule has 0 atom stereocenters. The van der Waals surface area contributed by atoms with Crippen LogP contribution in [0.5, 0.6) is 0 Å². The zero-order chi connectivity index (χ0) is 15.8. The summed E-state index contributed by atoms with van der Waals surface area (Å²) in [5.41, 5.74) is 3.04. The minimum Gasteiger partial charge on any atom is -0.444 e. The second kappa shape index (κ2) is 5.81. The highest BCUT2D eigenvalue weighted by Crippen LogP contribution is 2.31. The van der Waals surface area contributed by atoms with Crippen LogP contribution in [0.1, 0.15) is 43.3 Å². The highest BCUT2D eigenvalue weighted by molar-refractivity contribution is 6.32. The molecular weight excluding hydrogens is 292 g/mol. The monoisotopic (exact) mass is 312 g/mol. The third-order valence-corrected chi connectivity index (χ3v) is 3.78. The molecule has 1 aliphatic rings. The molecule has 0 spiro atoms. The molecule has 5 nitrogen and oxygen atoms in total. The molecule has 0 aliphatic carbocycles. The molecule has 0 aromatic carbocycles. The van der Waals surface area contributed by atoms with Crippen molar-refractivity contribution in [1.29, 1.82) is 0 Å². The van der Waals surface area contributed by atoms with Crippen LogP contribution in [0, 0.1) is 6.92 Å². The lowest BCUT2D eigenvalue weighted by molar-refractivity contribution is 0.0240. The molecular formula is C15H21ClN2O3. The van der Waals surface area contributed by atoms with E-state index in [1.54, 1.807) is 12.0 Å². The van der Waals surface area contributed by atoms with Crippen molar-refractivity contribution in [3.63, 3.8) is 0 Å². The van der Waals surface area contributed by atoms with Crippen molar-refractivity contribution >= 4 is 17.7 Å². The smallest absolute Gasteiger partial charge is 0.410 e. The van der Waals surface area contributed by atoms with Crippen molar-refractivity contribution in [3.05, 3.63) is 27.5 Å². The molecule has 0 N–H and O–H groups in total. The van der Waals surface area contributed by atoms with Gasteiger partial charge in [0.2, 0.25) is 0 Å². The Hall–Kier alpha value is -1.33. The molecule has 1 aromatic heterocycles. The molecule has 0 radical (unpaired) electrons. The summed E-state index contributed by atoms with van der Waals surface area (Å²) >= 11 is 6.31. The Balaban J connectivity index is 2.23. The summed E-state index contributed by atoms with van der Waals surface area (Å²) in [7, 11) is 1.60. The molecule has 0 saturated heterocycles. The van der Waals surface area contributed by atoms with E-state index in [2.05, 4.69) is 4.98 Å². The van der Waals surface area contributed by atoms with Crippen LogP contribution in [0.3, 0.4) is 0 Å². The first kappa shape index (κ1) is 16.0. The number of nitrogens with zero attached hydrogens (tertiary/aromatic N) is 2. The first-order valence-corrected chi connectivity index (χ1v) is 7.24. The van der Waals surface area contributed by atoms with E-state index in [9.17, 15) is 4.79 Å². The predicted molar refractivity (Wildman–Crippen MR) is 80.2 cm³/mol. The van der Waals surface area contributed by atoms with Crippen LogP contribution in [0.2, 0.25) is 5.02 Å². The number of rotatable bonds is 2. The summed E-state index contributed by atoms with van der Waals surface area (Å²) in [4.78, 5) is 18.3. The van der Waals surface area contributed by atoms with E-state index in [-0.39, 0.29) is 6.09 Å². The number of pyridine rings is 1. The van der Waals surface area contributed by atoms with E-state index < -0.39 is 5.60 Å². The molecule has 0 bridgehead atoms. The van der Waals surface area contributed by atoms with Gasteiger partial charge >= 0.3 is 6.09 Å². The van der Waals surface area contributed by atoms with Gasteiger partial charge in [-0.05, 0) is 38.8 Å². The third kappa shape index (κ3) is 3.47. The average Bonchev–Trinajstić information content (AvgIpc) is 2.78. The van der Waals surface area contributed by atoms with Gasteiger partial charge in [0.15, 0.2) is 0 Å². The number of halogens is 1. The van der Waals surface area contributed by atoms with Crippen molar-refractivity contribution in [2.75, 3.05) is 7.11 Å². The normalized spacial score (nSPS) is 14.3. The molecule has 0 fully saturated rings. The van der Waals surface area contributed by atoms with Gasteiger partial charge in [0.05, 0.1) is 36.1 Å². The fourth-order valence-electron chi connectivity index (χ4n) is 2.30. The number of methoxy groups -OCH3 is 1. The van der Waals surface area contributed by atoms with Crippen LogP contribution >= 0.6 is 11.6 Å². The van der Waals surface area contributed by atoms with Crippen molar-refractivity contribution in [2.45, 2.75) is 53.0 Å². The van der Waals surface area contributed by atoms with Crippen LogP contribution in [0.25, 0.3) is 0 Å². The molecule has 21 heavy (non-hydrogen) atoms. The van der Waals surface area contributed by atoms with E-state index in [1.165, 1.54) is 0 Å². The Kier molecular flexibility index (Phi) is 4.44. The van der Waals surface area contributed by atoms with Crippen molar-refractivity contribution in [1.82, 2.24) is 9.88 Å². The minimum atomic E-state index is -0.507. The Morgan fingerprint density at radius 2 is 2.05 bits per heavy atom. The maximum atomic E-state index is 12.2. The SMILES string of the molecule is COCc1nc2c(c(C)c1Cl)CN(C(=O)OC(C)(C)C)C2. The number of carbonyl (C=O) groups is 1. The molecule has 2 rings (SSSR count). The van der Waals surface area contributed by atoms with Crippen molar-refractivity contribution in [2.24, 2.45) is 0 Å². The van der Waals surface area contributed by atoms with E-state index in [4.69, 9.17) is 21.1 Å². The van der Waals surface area contributed by atoms with Gasteiger partial charge in [-0.15, -0.1) is 0 Å². The van der Waals surface area contributed by atoms with E-state index in [0.29, 0.717) is 30.4 Å². The highest BCUT2D eigenvalue weighted by Gasteiger charge is 2.31. The number of amides is 1. The quantitative estimate of drug-likeness (QED) is 0.839. The summed E-state index contributed by atoms with van der Waals surface area (Å²) in [6.45, 7) is 8.79. The van der Waals surface area contributed by atoms with Crippen LogP contribution in [-0.2, 0) is 29.2 Å². The molecule has 1 aromatic rings. The summed E-state index contributed by atoms with van der Waals surface area (Å²) in [5, 5.41) is 0.613. The maximum Gasteiger partial charge on any atom is 0.410 e. The Morgan fingerprint density at radius 3 is 2.62 bits per heavy atom. The Morgan fingerprint density at radius 1 is 1.38 bits per heavy atom. The van der Waals surface area contributed by atoms with Gasteiger partial charge in [0.1, 0.15) is 5.60 Å². The molecule has 6 heteroatoms. The van der Waals surface area contributed by atoms with Crippen LogP contribution in [0.15, 0.2) is 0 Å². The van der Waals surface area contributed by atoms with Gasteiger partial charge in [0.25, 0.3) is 0 Å². The van der Waals surface area contributed by atoms with Gasteiger partial charge in [-0.25, -0.2) is 4.79 Å². The molecule has 0 saturated carbocycles. The van der Waals surface area contributed by atoms with Crippen LogP contribution in [0.4, 0.5) is 4.79 Å². The molecule has 1 amide bonds. The topological polar surface area (TPSA) is 51.7 Å². The number of hydrogen-bond acceptors (Lipinski definition) is 4. The zero-order valence-corrected chi connectivity index (χ0v) is 13.9. The molecule has 116 valence electrons. The lowest BCUT2D eigenvalue weighted by atomic mass is 10.1. The highest BCUT2D eigenvalue weighted by atomic mass is 35.5. The first-order valence-electron chi connectivity index (χ1n) is 6.86. The molecule has 0 unspecified atom stereocenters. The second-order valence-electron chi connectivity index (χ2n) is 6.19. The van der Waals surface area contributed by atoms with Crippen LogP contribution in [-0.4, -0.2) is 28.7 Å². The fraction of sp³-hybridized carbons (Fsp3) is 0.600. The minimum absolute atomic E-state index is 0.329. The van der Waals surface area contributed by atoms with E-state index in [1.807, 2.05) is 27.7 Å². The van der Waals surface area contributed by atoms with Gasteiger partial charge in [-0.2, -0.15) is 0 Å². The number of aromatic nitrogens is 1. The Labute approximate surface area is 130 Å². The lowest BCUT2D eigenvalue weighted by Crippen LogP contribution is -2.33. The summed E-state index contributed by atoms with van der Waals surface area (Å²) < 4.78 is 10.5. The van der Waals surface area contributed by atoms with Crippen LogP contribution < -0.4 is 0 Å². The average molecular weight is 313 g/mol. The van der Waals surface area contributed by atoms with Crippen molar-refractivity contribution in [3.8, 4) is 0 Å². The zero-order valence-electron chi connectivity index (χ0n) is 13.1. The standard InChI is InChI=1S/C15H21ClN2O3/c1-9-10-6-18(14(19)21-15(2,3)4)7-11(10)17-12(8-20-5)13(9)16/h6-8H2,1-5H3. The number of hydrogen-bond donors (Lipinski definition) is 0. The molecule has 1 aliphatic heterocycles. The Bertz CT molecular complexity index is 567. The van der Waals surface area contributed by atoms with Gasteiger partial charge < -0.3 is 9.47 Å². The second-order valence-corrected chi connectivity index (χ2v) is 6.57. The third-order valence-electron chi connectivity index (χ3n) is 3.28. The summed E-state index contributed by atoms with van der Waals surface area (Å²) in [6.07, 6.45) is -0.329.